The molecule has 0 spiro atoms. The van der Waals surface area contributed by atoms with Gasteiger partial charge in [0, 0.05) is 24.6 Å². The van der Waals surface area contributed by atoms with E-state index in [4.69, 9.17) is 0 Å². The second kappa shape index (κ2) is 9.15. The summed E-state index contributed by atoms with van der Waals surface area (Å²) in [6.45, 7) is 6.46. The lowest BCUT2D eigenvalue weighted by Gasteiger charge is -2.13. The molecule has 2 amide bonds. The third kappa shape index (κ3) is 5.29. The summed E-state index contributed by atoms with van der Waals surface area (Å²) in [6.07, 6.45) is 3.68. The summed E-state index contributed by atoms with van der Waals surface area (Å²) in [5.41, 5.74) is 5.80. The Kier molecular flexibility index (Phi) is 6.39. The summed E-state index contributed by atoms with van der Waals surface area (Å²) in [4.78, 5) is 29.2. The Morgan fingerprint density at radius 1 is 0.862 bits per heavy atom. The summed E-state index contributed by atoms with van der Waals surface area (Å²) in [5, 5.41) is 5.82. The molecule has 5 nitrogen and oxygen atoms in total. The first-order valence-corrected chi connectivity index (χ1v) is 9.60. The van der Waals surface area contributed by atoms with Crippen LogP contribution < -0.4 is 10.6 Å². The molecule has 0 unspecified atom stereocenters. The number of hydrogen-bond acceptors (Lipinski definition) is 3. The van der Waals surface area contributed by atoms with Crippen molar-refractivity contribution < 1.29 is 9.59 Å². The van der Waals surface area contributed by atoms with Crippen molar-refractivity contribution in [2.45, 2.75) is 27.2 Å². The third-order valence-electron chi connectivity index (χ3n) is 4.72. The van der Waals surface area contributed by atoms with Crippen LogP contribution in [-0.2, 0) is 6.42 Å². The first kappa shape index (κ1) is 20.3. The van der Waals surface area contributed by atoms with Crippen molar-refractivity contribution >= 4 is 17.5 Å². The first-order chi connectivity index (χ1) is 13.9. The zero-order valence-electron chi connectivity index (χ0n) is 17.0. The first-order valence-electron chi connectivity index (χ1n) is 9.60. The Bertz CT molecular complexity index is 1010. The highest BCUT2D eigenvalue weighted by molar-refractivity contribution is 6.06. The molecule has 0 bridgehead atoms. The maximum Gasteiger partial charge on any atom is 0.257 e. The number of aryl methyl sites for hydroxylation is 3. The molecule has 2 N–H and O–H groups in total. The summed E-state index contributed by atoms with van der Waals surface area (Å²) in [5.74, 6) is -0.530. The largest absolute Gasteiger partial charge is 0.352 e. The molecular weight excluding hydrogens is 362 g/mol. The molecule has 0 saturated carbocycles. The van der Waals surface area contributed by atoms with Crippen LogP contribution in [-0.4, -0.2) is 23.3 Å². The van der Waals surface area contributed by atoms with Gasteiger partial charge in [0.05, 0.1) is 11.1 Å². The van der Waals surface area contributed by atoms with Gasteiger partial charge >= 0.3 is 0 Å². The molecule has 0 fully saturated rings. The van der Waals surface area contributed by atoms with E-state index in [-0.39, 0.29) is 11.8 Å². The van der Waals surface area contributed by atoms with Gasteiger partial charge in [0.25, 0.3) is 11.8 Å². The zero-order chi connectivity index (χ0) is 20.8. The van der Waals surface area contributed by atoms with E-state index in [1.807, 2.05) is 63.2 Å². The molecule has 0 saturated heterocycles. The van der Waals surface area contributed by atoms with E-state index in [1.54, 1.807) is 6.07 Å². The number of hydrogen-bond donors (Lipinski definition) is 2. The minimum atomic E-state index is -0.286. The van der Waals surface area contributed by atoms with Gasteiger partial charge in [0.15, 0.2) is 0 Å². The molecule has 5 heteroatoms. The predicted octanol–water partition coefficient (Wildman–Crippen LogP) is 4.23. The SMILES string of the molecule is Cc1cc(C)c(NC(=O)c2cncc(C(=O)NCCc3ccccc3)c2)c(C)c1. The maximum absolute atomic E-state index is 12.7. The molecule has 1 heterocycles. The molecule has 0 aliphatic heterocycles. The van der Waals surface area contributed by atoms with Gasteiger partial charge in [-0.3, -0.25) is 14.6 Å². The Labute approximate surface area is 171 Å². The van der Waals surface area contributed by atoms with Gasteiger partial charge in [-0.1, -0.05) is 48.0 Å². The van der Waals surface area contributed by atoms with E-state index < -0.39 is 0 Å². The summed E-state index contributed by atoms with van der Waals surface area (Å²) < 4.78 is 0. The van der Waals surface area contributed by atoms with Crippen LogP contribution in [0.3, 0.4) is 0 Å². The van der Waals surface area contributed by atoms with Crippen molar-refractivity contribution in [3.63, 3.8) is 0 Å². The van der Waals surface area contributed by atoms with Crippen LogP contribution in [0.15, 0.2) is 60.9 Å². The molecule has 148 valence electrons. The number of carbonyl (C=O) groups is 2. The molecular formula is C24H25N3O2. The predicted molar refractivity (Wildman–Crippen MR) is 115 cm³/mol. The molecule has 2 aromatic carbocycles. The number of anilines is 1. The highest BCUT2D eigenvalue weighted by Gasteiger charge is 2.13. The van der Waals surface area contributed by atoms with Gasteiger partial charge in [0.2, 0.25) is 0 Å². The molecule has 29 heavy (non-hydrogen) atoms. The fourth-order valence-corrected chi connectivity index (χ4v) is 3.32. The molecule has 0 aliphatic carbocycles. The van der Waals surface area contributed by atoms with E-state index in [9.17, 15) is 9.59 Å². The zero-order valence-corrected chi connectivity index (χ0v) is 17.0. The summed E-state index contributed by atoms with van der Waals surface area (Å²) in [6, 6.07) is 15.6. The van der Waals surface area contributed by atoms with Gasteiger partial charge < -0.3 is 10.6 Å². The van der Waals surface area contributed by atoms with Crippen LogP contribution >= 0.6 is 0 Å². The lowest BCUT2D eigenvalue weighted by molar-refractivity contribution is 0.0953. The number of carbonyl (C=O) groups excluding carboxylic acids is 2. The van der Waals surface area contributed by atoms with Crippen LogP contribution in [0.4, 0.5) is 5.69 Å². The van der Waals surface area contributed by atoms with E-state index in [2.05, 4.69) is 15.6 Å². The van der Waals surface area contributed by atoms with Crippen LogP contribution in [0.5, 0.6) is 0 Å². The van der Waals surface area contributed by atoms with Gasteiger partial charge in [-0.2, -0.15) is 0 Å². The molecule has 0 atom stereocenters. The lowest BCUT2D eigenvalue weighted by Crippen LogP contribution is -2.26. The Morgan fingerprint density at radius 2 is 1.48 bits per heavy atom. The van der Waals surface area contributed by atoms with Crippen LogP contribution in [0.2, 0.25) is 0 Å². The molecule has 1 aromatic heterocycles. The van der Waals surface area contributed by atoms with E-state index >= 15 is 0 Å². The van der Waals surface area contributed by atoms with Gasteiger partial charge in [0.1, 0.15) is 0 Å². The number of rotatable bonds is 6. The quantitative estimate of drug-likeness (QED) is 0.665. The van der Waals surface area contributed by atoms with Crippen LogP contribution in [0, 0.1) is 20.8 Å². The van der Waals surface area contributed by atoms with Gasteiger partial charge in [-0.15, -0.1) is 0 Å². The Balaban J connectivity index is 1.65. The Hall–Kier alpha value is -3.47. The topological polar surface area (TPSA) is 71.1 Å². The fourth-order valence-electron chi connectivity index (χ4n) is 3.32. The van der Waals surface area contributed by atoms with Gasteiger partial charge in [-0.25, -0.2) is 0 Å². The number of nitrogens with one attached hydrogen (secondary N) is 2. The van der Waals surface area contributed by atoms with Crippen molar-refractivity contribution in [2.24, 2.45) is 0 Å². The molecule has 3 aromatic rings. The maximum atomic E-state index is 12.7. The summed E-state index contributed by atoms with van der Waals surface area (Å²) >= 11 is 0. The van der Waals surface area contributed by atoms with Crippen LogP contribution in [0.1, 0.15) is 43.0 Å². The molecule has 3 rings (SSSR count). The van der Waals surface area contributed by atoms with Crippen molar-refractivity contribution in [3.8, 4) is 0 Å². The van der Waals surface area contributed by atoms with E-state index in [0.29, 0.717) is 17.7 Å². The van der Waals surface area contributed by atoms with Crippen molar-refractivity contribution in [1.82, 2.24) is 10.3 Å². The van der Waals surface area contributed by atoms with Crippen molar-refractivity contribution in [3.05, 3.63) is 94.3 Å². The summed E-state index contributed by atoms with van der Waals surface area (Å²) in [7, 11) is 0. The minimum absolute atomic E-state index is 0.245. The minimum Gasteiger partial charge on any atom is -0.352 e. The number of amides is 2. The Morgan fingerprint density at radius 3 is 2.14 bits per heavy atom. The smallest absolute Gasteiger partial charge is 0.257 e. The van der Waals surface area contributed by atoms with E-state index in [1.165, 1.54) is 12.4 Å². The number of pyridine rings is 1. The average molecular weight is 387 g/mol. The van der Waals surface area contributed by atoms with Gasteiger partial charge in [-0.05, 0) is 49.9 Å². The van der Waals surface area contributed by atoms with Crippen molar-refractivity contribution in [1.29, 1.82) is 0 Å². The fraction of sp³-hybridized carbons (Fsp3) is 0.208. The highest BCUT2D eigenvalue weighted by Crippen LogP contribution is 2.22. The van der Waals surface area contributed by atoms with E-state index in [0.717, 1.165) is 34.4 Å². The van der Waals surface area contributed by atoms with Crippen LogP contribution in [0.25, 0.3) is 0 Å². The second-order valence-electron chi connectivity index (χ2n) is 7.18. The third-order valence-corrected chi connectivity index (χ3v) is 4.72. The molecule has 0 aliphatic rings. The van der Waals surface area contributed by atoms with Crippen molar-refractivity contribution in [2.75, 3.05) is 11.9 Å². The highest BCUT2D eigenvalue weighted by atomic mass is 16.2. The average Bonchev–Trinajstić information content (AvgIpc) is 2.71. The number of nitrogens with zero attached hydrogens (tertiary/aromatic N) is 1. The standard InChI is InChI=1S/C24H25N3O2/c1-16-11-17(2)22(18(3)12-16)27-24(29)21-13-20(14-25-15-21)23(28)26-10-9-19-7-5-4-6-8-19/h4-8,11-15H,9-10H2,1-3H3,(H,26,28)(H,27,29). The lowest BCUT2D eigenvalue weighted by atomic mass is 10.0. The second-order valence-corrected chi connectivity index (χ2v) is 7.18. The number of aromatic nitrogens is 1. The molecule has 0 radical (unpaired) electrons. The monoisotopic (exact) mass is 387 g/mol. The number of benzene rings is 2. The normalized spacial score (nSPS) is 10.4.